The molecule has 1 aliphatic rings. The van der Waals surface area contributed by atoms with Gasteiger partial charge in [-0.2, -0.15) is 0 Å². The number of benzene rings is 1. The summed E-state index contributed by atoms with van der Waals surface area (Å²) >= 11 is 0. The smallest absolute Gasteiger partial charge is 0.259 e. The Kier molecular flexibility index (Phi) is 8.16. The van der Waals surface area contributed by atoms with E-state index in [-0.39, 0.29) is 18.3 Å². The average molecular weight is 471 g/mol. The number of aromatic nitrogens is 2. The zero-order valence-corrected chi connectivity index (χ0v) is 20.1. The Morgan fingerprint density at radius 1 is 1.03 bits per heavy atom. The fraction of sp³-hybridized carbons (Fsp3) is 0.375. The number of carbonyl (C=O) groups excluding carboxylic acids is 1. The summed E-state index contributed by atoms with van der Waals surface area (Å²) in [5, 5.41) is 3.32. The number of amides is 1. The van der Waals surface area contributed by atoms with E-state index in [9.17, 15) is 4.79 Å². The average Bonchev–Trinajstić information content (AvgIpc) is 3.37. The van der Waals surface area contributed by atoms with E-state index in [2.05, 4.69) is 38.1 Å². The lowest BCUT2D eigenvalue weighted by atomic mass is 10.1. The highest BCUT2D eigenvalue weighted by atomic mass is 35.5. The first kappa shape index (κ1) is 24.4. The summed E-state index contributed by atoms with van der Waals surface area (Å²) in [4.78, 5) is 28.1. The maximum atomic E-state index is 13.0. The van der Waals surface area contributed by atoms with Gasteiger partial charge in [-0.3, -0.25) is 4.79 Å². The molecule has 0 unspecified atom stereocenters. The molecule has 3 aromatic rings. The maximum Gasteiger partial charge on any atom is 0.259 e. The summed E-state index contributed by atoms with van der Waals surface area (Å²) in [6.07, 6.45) is 6.01. The molecule has 0 aliphatic carbocycles. The quantitative estimate of drug-likeness (QED) is 0.559. The highest BCUT2D eigenvalue weighted by Gasteiger charge is 2.26. The first-order valence-electron chi connectivity index (χ1n) is 11.0. The van der Waals surface area contributed by atoms with Gasteiger partial charge in [-0.25, -0.2) is 9.97 Å². The van der Waals surface area contributed by atoms with Gasteiger partial charge in [0.2, 0.25) is 5.89 Å². The Bertz CT molecular complexity index is 1050. The van der Waals surface area contributed by atoms with Gasteiger partial charge in [-0.05, 0) is 24.6 Å². The lowest BCUT2D eigenvalue weighted by molar-refractivity contribution is 0.0828. The van der Waals surface area contributed by atoms with Crippen molar-refractivity contribution in [3.05, 3.63) is 54.6 Å². The van der Waals surface area contributed by atoms with Gasteiger partial charge in [-0.1, -0.05) is 19.1 Å². The Hall–Kier alpha value is -3.26. The van der Waals surface area contributed by atoms with Crippen molar-refractivity contribution in [2.24, 2.45) is 0 Å². The first-order chi connectivity index (χ1) is 15.6. The van der Waals surface area contributed by atoms with E-state index in [1.165, 1.54) is 0 Å². The van der Waals surface area contributed by atoms with Crippen molar-refractivity contribution < 1.29 is 9.21 Å². The van der Waals surface area contributed by atoms with Crippen LogP contribution in [0.3, 0.4) is 0 Å². The summed E-state index contributed by atoms with van der Waals surface area (Å²) in [6, 6.07) is 10.1. The molecule has 1 aliphatic heterocycles. The number of nitrogens with one attached hydrogen (secondary N) is 1. The van der Waals surface area contributed by atoms with E-state index in [1.807, 2.05) is 24.3 Å². The minimum atomic E-state index is -0.0385. The van der Waals surface area contributed by atoms with Crippen molar-refractivity contribution >= 4 is 35.5 Å². The molecule has 0 spiro atoms. The summed E-state index contributed by atoms with van der Waals surface area (Å²) in [6.45, 7) is 6.12. The van der Waals surface area contributed by atoms with Crippen LogP contribution in [0.15, 0.2) is 53.4 Å². The van der Waals surface area contributed by atoms with Crippen LogP contribution < -0.4 is 15.1 Å². The molecule has 33 heavy (non-hydrogen) atoms. The van der Waals surface area contributed by atoms with Crippen LogP contribution in [-0.4, -0.2) is 67.6 Å². The standard InChI is InChI=1S/C24H30N6O2.ClH/c1-4-10-25-22-21(24(31)28(2)3)20(9-11-26-22)30-15-13-29(14-16-30)19-8-6-5-7-18(19)23-27-12-17-32-23;/h5-9,11-12,17H,4,10,13-16H2,1-3H3,(H,25,26);1H. The van der Waals surface area contributed by atoms with Crippen molar-refractivity contribution in [1.82, 2.24) is 14.9 Å². The Balaban J connectivity index is 0.00000306. The zero-order chi connectivity index (χ0) is 22.5. The predicted molar refractivity (Wildman–Crippen MR) is 135 cm³/mol. The molecule has 1 N–H and O–H groups in total. The van der Waals surface area contributed by atoms with Crippen LogP contribution in [0.2, 0.25) is 0 Å². The van der Waals surface area contributed by atoms with Gasteiger partial charge < -0.3 is 24.4 Å². The van der Waals surface area contributed by atoms with Crippen molar-refractivity contribution in [3.63, 3.8) is 0 Å². The van der Waals surface area contributed by atoms with E-state index in [0.29, 0.717) is 17.3 Å². The molecule has 0 saturated carbocycles. The van der Waals surface area contributed by atoms with Gasteiger partial charge in [0.15, 0.2) is 0 Å². The number of nitrogens with zero attached hydrogens (tertiary/aromatic N) is 5. The van der Waals surface area contributed by atoms with Crippen LogP contribution in [0, 0.1) is 0 Å². The van der Waals surface area contributed by atoms with Crippen LogP contribution in [0.4, 0.5) is 17.2 Å². The molecule has 3 heterocycles. The van der Waals surface area contributed by atoms with Gasteiger partial charge in [0.25, 0.3) is 5.91 Å². The molecule has 8 nitrogen and oxygen atoms in total. The third-order valence-corrected chi connectivity index (χ3v) is 5.62. The second-order valence-corrected chi connectivity index (χ2v) is 8.01. The summed E-state index contributed by atoms with van der Waals surface area (Å²) in [7, 11) is 3.56. The second-order valence-electron chi connectivity index (χ2n) is 8.01. The number of hydrogen-bond donors (Lipinski definition) is 1. The van der Waals surface area contributed by atoms with Crippen LogP contribution in [-0.2, 0) is 0 Å². The number of hydrogen-bond acceptors (Lipinski definition) is 7. The maximum absolute atomic E-state index is 13.0. The zero-order valence-electron chi connectivity index (χ0n) is 19.3. The molecule has 176 valence electrons. The van der Waals surface area contributed by atoms with Crippen molar-refractivity contribution in [1.29, 1.82) is 0 Å². The Morgan fingerprint density at radius 2 is 1.73 bits per heavy atom. The van der Waals surface area contributed by atoms with Crippen molar-refractivity contribution in [2.75, 3.05) is 61.9 Å². The third kappa shape index (κ3) is 5.22. The monoisotopic (exact) mass is 470 g/mol. The number of rotatable bonds is 7. The molecule has 2 aromatic heterocycles. The number of pyridine rings is 1. The first-order valence-corrected chi connectivity index (χ1v) is 11.0. The van der Waals surface area contributed by atoms with Crippen molar-refractivity contribution in [2.45, 2.75) is 13.3 Å². The molecule has 0 radical (unpaired) electrons. The number of oxazole rings is 1. The number of anilines is 3. The summed E-state index contributed by atoms with van der Waals surface area (Å²) in [5.74, 6) is 1.24. The fourth-order valence-electron chi connectivity index (χ4n) is 4.00. The Morgan fingerprint density at radius 3 is 2.36 bits per heavy atom. The highest BCUT2D eigenvalue weighted by Crippen LogP contribution is 2.32. The van der Waals surface area contributed by atoms with E-state index < -0.39 is 0 Å². The minimum Gasteiger partial charge on any atom is -0.444 e. The van der Waals surface area contributed by atoms with Crippen LogP contribution in [0.5, 0.6) is 0 Å². The molecule has 1 fully saturated rings. The number of para-hydroxylation sites is 1. The van der Waals surface area contributed by atoms with Crippen LogP contribution >= 0.6 is 12.4 Å². The third-order valence-electron chi connectivity index (χ3n) is 5.62. The molecular weight excluding hydrogens is 440 g/mol. The van der Waals surface area contributed by atoms with Gasteiger partial charge in [0.1, 0.15) is 17.6 Å². The van der Waals surface area contributed by atoms with Gasteiger partial charge >= 0.3 is 0 Å². The normalized spacial score (nSPS) is 13.4. The van der Waals surface area contributed by atoms with Crippen LogP contribution in [0.25, 0.3) is 11.5 Å². The van der Waals surface area contributed by atoms with Gasteiger partial charge in [-0.15, -0.1) is 12.4 Å². The molecule has 4 rings (SSSR count). The number of piperazine rings is 1. The van der Waals surface area contributed by atoms with Gasteiger partial charge in [0.05, 0.1) is 17.4 Å². The summed E-state index contributed by atoms with van der Waals surface area (Å²) < 4.78 is 5.55. The van der Waals surface area contributed by atoms with Crippen molar-refractivity contribution in [3.8, 4) is 11.5 Å². The fourth-order valence-corrected chi connectivity index (χ4v) is 4.00. The van der Waals surface area contributed by atoms with Crippen LogP contribution in [0.1, 0.15) is 23.7 Å². The van der Waals surface area contributed by atoms with E-state index >= 15 is 0 Å². The number of carbonyl (C=O) groups is 1. The largest absolute Gasteiger partial charge is 0.444 e. The highest BCUT2D eigenvalue weighted by molar-refractivity contribution is 6.04. The molecule has 0 bridgehead atoms. The number of halogens is 1. The lowest BCUT2D eigenvalue weighted by Crippen LogP contribution is -2.47. The summed E-state index contributed by atoms with van der Waals surface area (Å²) in [5.41, 5.74) is 3.67. The SMILES string of the molecule is CCCNc1nccc(N2CCN(c3ccccc3-c3ncco3)CC2)c1C(=O)N(C)C.Cl. The molecule has 9 heteroatoms. The molecule has 1 aromatic carbocycles. The lowest BCUT2D eigenvalue weighted by Gasteiger charge is -2.38. The molecule has 1 amide bonds. The molecule has 0 atom stereocenters. The minimum absolute atomic E-state index is 0. The van der Waals surface area contributed by atoms with Gasteiger partial charge in [0, 0.05) is 58.7 Å². The molecular formula is C24H31ClN6O2. The molecule has 1 saturated heterocycles. The topological polar surface area (TPSA) is 77.7 Å². The van der Waals surface area contributed by atoms with E-state index in [0.717, 1.165) is 56.1 Å². The van der Waals surface area contributed by atoms with E-state index in [1.54, 1.807) is 37.7 Å². The predicted octanol–water partition coefficient (Wildman–Crippen LogP) is 4.01. The second kappa shape index (κ2) is 11.0. The Labute approximate surface area is 201 Å². The van der Waals surface area contributed by atoms with E-state index in [4.69, 9.17) is 4.42 Å².